The van der Waals surface area contributed by atoms with Crippen LogP contribution >= 0.6 is 31.9 Å². The van der Waals surface area contributed by atoms with Crippen molar-refractivity contribution in [3.63, 3.8) is 0 Å². The Morgan fingerprint density at radius 2 is 1.00 bits per heavy atom. The van der Waals surface area contributed by atoms with Crippen LogP contribution in [-0.2, 0) is 0 Å². The summed E-state index contributed by atoms with van der Waals surface area (Å²) in [7, 11) is 0. The number of rotatable bonds is 10. The second kappa shape index (κ2) is 16.0. The van der Waals surface area contributed by atoms with E-state index in [-0.39, 0.29) is 11.8 Å². The Hall–Kier alpha value is -1.74. The number of unbranched alkanes of at least 4 members (excludes halogenated alkanes) is 2. The van der Waals surface area contributed by atoms with Crippen molar-refractivity contribution in [2.45, 2.75) is 39.5 Å². The van der Waals surface area contributed by atoms with Gasteiger partial charge in [0.15, 0.2) is 0 Å². The molecule has 0 aliphatic carbocycles. The largest absolute Gasteiger partial charge is 0.287 e. The van der Waals surface area contributed by atoms with E-state index in [2.05, 4.69) is 67.4 Å². The van der Waals surface area contributed by atoms with Crippen LogP contribution < -0.4 is 21.7 Å². The molecule has 0 saturated carbocycles. The van der Waals surface area contributed by atoms with Crippen molar-refractivity contribution >= 4 is 43.7 Å². The third-order valence-corrected chi connectivity index (χ3v) is 4.98. The minimum atomic E-state index is -0.0985. The molecule has 0 aliphatic heterocycles. The lowest BCUT2D eigenvalue weighted by atomic mass is 10.2. The number of carbonyl (C=O) groups is 2. The number of carbonyl (C=O) groups excluding carboxylic acids is 2. The van der Waals surface area contributed by atoms with E-state index in [4.69, 9.17) is 0 Å². The third-order valence-electron chi connectivity index (χ3n) is 3.93. The summed E-state index contributed by atoms with van der Waals surface area (Å²) in [5, 5.41) is 0. The summed E-state index contributed by atoms with van der Waals surface area (Å²) in [5.41, 5.74) is 12.4. The number of hydrogen-bond acceptors (Lipinski definition) is 4. The van der Waals surface area contributed by atoms with E-state index >= 15 is 0 Å². The number of halogens is 2. The van der Waals surface area contributed by atoms with Crippen molar-refractivity contribution in [3.8, 4) is 0 Å². The number of hydrogen-bond donors (Lipinski definition) is 4. The molecule has 0 aliphatic rings. The zero-order chi connectivity index (χ0) is 22.2. The Labute approximate surface area is 195 Å². The maximum atomic E-state index is 11.5. The lowest BCUT2D eigenvalue weighted by molar-refractivity contribution is 0.0925. The predicted octanol–water partition coefficient (Wildman–Crippen LogP) is 4.97. The van der Waals surface area contributed by atoms with Gasteiger partial charge >= 0.3 is 0 Å². The van der Waals surface area contributed by atoms with Crippen LogP contribution in [0.5, 0.6) is 0 Å². The zero-order valence-electron chi connectivity index (χ0n) is 17.4. The second-order valence-corrected chi connectivity index (χ2v) is 8.31. The molecular formula is C22H30Br2N4O2. The van der Waals surface area contributed by atoms with Crippen LogP contribution in [0.3, 0.4) is 0 Å². The highest BCUT2D eigenvalue weighted by atomic mass is 79.9. The van der Waals surface area contributed by atoms with Crippen LogP contribution in [-0.4, -0.2) is 24.9 Å². The zero-order valence-corrected chi connectivity index (χ0v) is 20.6. The molecule has 0 aromatic heterocycles. The number of amides is 2. The minimum absolute atomic E-state index is 0.0985. The molecule has 2 rings (SSSR count). The van der Waals surface area contributed by atoms with Gasteiger partial charge in [0.2, 0.25) is 0 Å². The molecule has 0 bridgehead atoms. The average molecular weight is 542 g/mol. The molecule has 0 radical (unpaired) electrons. The van der Waals surface area contributed by atoms with Crippen molar-refractivity contribution in [1.82, 2.24) is 21.7 Å². The van der Waals surface area contributed by atoms with Gasteiger partial charge < -0.3 is 0 Å². The molecule has 0 heterocycles. The summed E-state index contributed by atoms with van der Waals surface area (Å²) in [5.74, 6) is -0.197. The molecule has 2 aromatic rings. The first-order valence-electron chi connectivity index (χ1n) is 10.1. The van der Waals surface area contributed by atoms with Crippen molar-refractivity contribution in [3.05, 3.63) is 68.6 Å². The van der Waals surface area contributed by atoms with E-state index in [9.17, 15) is 9.59 Å². The molecule has 8 heteroatoms. The van der Waals surface area contributed by atoms with Crippen LogP contribution in [0, 0.1) is 0 Å². The molecule has 0 fully saturated rings. The van der Waals surface area contributed by atoms with E-state index in [0.29, 0.717) is 11.1 Å². The highest BCUT2D eigenvalue weighted by molar-refractivity contribution is 9.10. The molecule has 164 valence electrons. The number of hydrazine groups is 2. The Morgan fingerprint density at radius 3 is 1.30 bits per heavy atom. The van der Waals surface area contributed by atoms with Gasteiger partial charge in [-0.2, -0.15) is 0 Å². The topological polar surface area (TPSA) is 82.3 Å². The molecule has 0 unspecified atom stereocenters. The monoisotopic (exact) mass is 540 g/mol. The van der Waals surface area contributed by atoms with Gasteiger partial charge in [0.1, 0.15) is 0 Å². The van der Waals surface area contributed by atoms with Crippen LogP contribution in [0.1, 0.15) is 60.2 Å². The fourth-order valence-electron chi connectivity index (χ4n) is 2.16. The summed E-state index contributed by atoms with van der Waals surface area (Å²) in [6.45, 7) is 5.83. The lowest BCUT2D eigenvalue weighted by Gasteiger charge is -2.06. The van der Waals surface area contributed by atoms with E-state index < -0.39 is 0 Å². The maximum Gasteiger partial charge on any atom is 0.265 e. The van der Waals surface area contributed by atoms with Gasteiger partial charge in [-0.05, 0) is 61.4 Å². The van der Waals surface area contributed by atoms with Gasteiger partial charge in [-0.3, -0.25) is 20.4 Å². The van der Waals surface area contributed by atoms with Gasteiger partial charge in [-0.1, -0.05) is 58.5 Å². The highest BCUT2D eigenvalue weighted by Gasteiger charge is 2.04. The van der Waals surface area contributed by atoms with Crippen LogP contribution in [0.15, 0.2) is 57.5 Å². The first-order valence-corrected chi connectivity index (χ1v) is 11.6. The predicted molar refractivity (Wildman–Crippen MR) is 129 cm³/mol. The van der Waals surface area contributed by atoms with Gasteiger partial charge in [0.05, 0.1) is 0 Å². The van der Waals surface area contributed by atoms with Gasteiger partial charge in [0.25, 0.3) is 11.8 Å². The molecule has 6 nitrogen and oxygen atoms in total. The molecule has 4 N–H and O–H groups in total. The first kappa shape index (κ1) is 26.3. The van der Waals surface area contributed by atoms with Crippen molar-refractivity contribution in [2.24, 2.45) is 0 Å². The van der Waals surface area contributed by atoms with Gasteiger partial charge in [-0.25, -0.2) is 10.9 Å². The molecule has 2 amide bonds. The van der Waals surface area contributed by atoms with E-state index in [1.54, 1.807) is 24.3 Å². The molecule has 30 heavy (non-hydrogen) atoms. The second-order valence-electron chi connectivity index (χ2n) is 6.48. The molecule has 0 spiro atoms. The molecule has 0 atom stereocenters. The average Bonchev–Trinajstić information content (AvgIpc) is 2.75. The molecule has 2 aromatic carbocycles. The van der Waals surface area contributed by atoms with Crippen LogP contribution in [0.25, 0.3) is 0 Å². The summed E-state index contributed by atoms with van der Waals surface area (Å²) >= 11 is 6.64. The summed E-state index contributed by atoms with van der Waals surface area (Å²) < 4.78 is 1.94. The smallest absolute Gasteiger partial charge is 0.265 e. The summed E-state index contributed by atoms with van der Waals surface area (Å²) in [6, 6.07) is 14.5. The first-order chi connectivity index (χ1) is 14.5. The van der Waals surface area contributed by atoms with E-state index in [1.165, 1.54) is 0 Å². The van der Waals surface area contributed by atoms with Gasteiger partial charge in [-0.15, -0.1) is 0 Å². The molecule has 0 saturated heterocycles. The SMILES string of the molecule is CCCCNNC(=O)c1ccc(Br)cc1.CCCCNNC(=O)c1ccc(Br)cc1. The number of nitrogens with one attached hydrogen (secondary N) is 4. The summed E-state index contributed by atoms with van der Waals surface area (Å²) in [6.07, 6.45) is 4.34. The number of benzene rings is 2. The maximum absolute atomic E-state index is 11.5. The fraction of sp³-hybridized carbons (Fsp3) is 0.364. The van der Waals surface area contributed by atoms with Gasteiger partial charge in [0, 0.05) is 33.2 Å². The third kappa shape index (κ3) is 11.4. The Balaban J connectivity index is 0.000000300. The van der Waals surface area contributed by atoms with Crippen molar-refractivity contribution in [2.75, 3.05) is 13.1 Å². The van der Waals surface area contributed by atoms with Crippen molar-refractivity contribution in [1.29, 1.82) is 0 Å². The van der Waals surface area contributed by atoms with E-state index in [0.717, 1.165) is 47.7 Å². The Bertz CT molecular complexity index is 687. The summed E-state index contributed by atoms with van der Waals surface area (Å²) in [4.78, 5) is 23.1. The van der Waals surface area contributed by atoms with E-state index in [1.807, 2.05) is 24.3 Å². The Morgan fingerprint density at radius 1 is 0.667 bits per heavy atom. The quantitative estimate of drug-likeness (QED) is 0.253. The lowest BCUT2D eigenvalue weighted by Crippen LogP contribution is -2.37. The van der Waals surface area contributed by atoms with Crippen LogP contribution in [0.4, 0.5) is 0 Å². The highest BCUT2D eigenvalue weighted by Crippen LogP contribution is 2.10. The van der Waals surface area contributed by atoms with Crippen LogP contribution in [0.2, 0.25) is 0 Å². The fourth-order valence-corrected chi connectivity index (χ4v) is 2.69. The van der Waals surface area contributed by atoms with Crippen molar-refractivity contribution < 1.29 is 9.59 Å². The minimum Gasteiger partial charge on any atom is -0.287 e. The normalized spacial score (nSPS) is 10.0. The molecular weight excluding hydrogens is 512 g/mol. The standard InChI is InChI=1S/2C11H15BrN2O/c2*1-2-3-8-13-14-11(15)9-4-6-10(12)7-5-9/h2*4-7,13H,2-3,8H2,1H3,(H,14,15). The Kier molecular flexibility index (Phi) is 14.0.